The van der Waals surface area contributed by atoms with Crippen molar-refractivity contribution in [2.24, 2.45) is 0 Å². The zero-order valence-corrected chi connectivity index (χ0v) is 34.1. The highest BCUT2D eigenvalue weighted by Gasteiger charge is 2.21. The summed E-state index contributed by atoms with van der Waals surface area (Å²) in [6.07, 6.45) is 0. The van der Waals surface area contributed by atoms with Gasteiger partial charge in [-0.2, -0.15) is 0 Å². The number of aromatic nitrogens is 1. The van der Waals surface area contributed by atoms with E-state index in [2.05, 4.69) is 240 Å². The Morgan fingerprint density at radius 3 is 1.72 bits per heavy atom. The van der Waals surface area contributed by atoms with Crippen LogP contribution in [-0.4, -0.2) is 4.57 Å². The van der Waals surface area contributed by atoms with Crippen molar-refractivity contribution in [1.82, 2.24) is 4.57 Å². The highest BCUT2D eigenvalue weighted by molar-refractivity contribution is 7.26. The van der Waals surface area contributed by atoms with Crippen molar-refractivity contribution in [3.05, 3.63) is 231 Å². The average Bonchev–Trinajstić information content (AvgIpc) is 3.89. The van der Waals surface area contributed by atoms with Crippen molar-refractivity contribution < 1.29 is 0 Å². The van der Waals surface area contributed by atoms with Crippen molar-refractivity contribution in [2.45, 2.75) is 0 Å². The van der Waals surface area contributed by atoms with Crippen molar-refractivity contribution in [3.8, 4) is 39.1 Å². The third-order valence-electron chi connectivity index (χ3n) is 12.1. The quantitative estimate of drug-likeness (QED) is 0.156. The van der Waals surface area contributed by atoms with Crippen molar-refractivity contribution in [2.75, 3.05) is 4.90 Å². The van der Waals surface area contributed by atoms with Gasteiger partial charge in [0.15, 0.2) is 0 Å². The van der Waals surface area contributed by atoms with E-state index in [4.69, 9.17) is 0 Å². The Hall–Kier alpha value is -7.72. The van der Waals surface area contributed by atoms with E-state index in [1.807, 2.05) is 11.3 Å². The molecule has 286 valence electrons. The average molecular weight is 795 g/mol. The molecule has 0 fully saturated rings. The summed E-state index contributed by atoms with van der Waals surface area (Å²) < 4.78 is 4.98. The number of fused-ring (bicyclic) bond motifs is 8. The van der Waals surface area contributed by atoms with Gasteiger partial charge in [-0.1, -0.05) is 158 Å². The van der Waals surface area contributed by atoms with Crippen LogP contribution in [0.1, 0.15) is 0 Å². The Kier molecular flexibility index (Phi) is 8.39. The van der Waals surface area contributed by atoms with Crippen LogP contribution in [0.2, 0.25) is 0 Å². The Morgan fingerprint density at radius 1 is 0.344 bits per heavy atom. The molecule has 0 unspecified atom stereocenters. The molecule has 0 bridgehead atoms. The molecule has 2 nitrogen and oxygen atoms in total. The topological polar surface area (TPSA) is 8.17 Å². The third-order valence-corrected chi connectivity index (χ3v) is 13.3. The van der Waals surface area contributed by atoms with E-state index in [0.717, 1.165) is 11.4 Å². The van der Waals surface area contributed by atoms with Gasteiger partial charge in [0.25, 0.3) is 0 Å². The van der Waals surface area contributed by atoms with Crippen LogP contribution in [0.4, 0.5) is 17.1 Å². The maximum absolute atomic E-state index is 2.46. The number of benzene rings is 10. The second-order valence-corrected chi connectivity index (χ2v) is 16.8. The van der Waals surface area contributed by atoms with Gasteiger partial charge < -0.3 is 9.47 Å². The van der Waals surface area contributed by atoms with Crippen LogP contribution in [0.3, 0.4) is 0 Å². The molecule has 12 aromatic rings. The number of para-hydroxylation sites is 2. The first-order valence-electron chi connectivity index (χ1n) is 20.8. The lowest BCUT2D eigenvalue weighted by molar-refractivity contribution is 1.18. The molecular weight excluding hydrogens is 757 g/mol. The minimum atomic E-state index is 1.11. The van der Waals surface area contributed by atoms with Gasteiger partial charge in [0.05, 0.1) is 16.7 Å². The molecule has 0 atom stereocenters. The summed E-state index contributed by atoms with van der Waals surface area (Å²) in [7, 11) is 0. The molecule has 0 amide bonds. The Morgan fingerprint density at radius 2 is 0.918 bits per heavy atom. The Balaban J connectivity index is 1.01. The molecule has 0 saturated heterocycles. The van der Waals surface area contributed by atoms with Crippen molar-refractivity contribution in [3.63, 3.8) is 0 Å². The molecule has 0 spiro atoms. The lowest BCUT2D eigenvalue weighted by Gasteiger charge is -2.28. The smallest absolute Gasteiger partial charge is 0.0561 e. The minimum absolute atomic E-state index is 1.11. The standard InChI is InChI=1S/C58H38N2S/c1-3-15-39(16-4-1)40-29-32-47(33-30-40)59(55-38-45-17-7-8-24-49(45)58-57(55)51-26-10-12-28-56(51)61-58)48-23-14-20-43(36-48)41-18-13-19-42(35-41)44-31-34-54-52(37-44)50-25-9-11-27-53(50)60(54)46-21-5-2-6-22-46/h1-38H. The van der Waals surface area contributed by atoms with Crippen LogP contribution in [-0.2, 0) is 0 Å². The molecule has 61 heavy (non-hydrogen) atoms. The predicted octanol–water partition coefficient (Wildman–Crippen LogP) is 16.8. The van der Waals surface area contributed by atoms with E-state index in [1.54, 1.807) is 0 Å². The molecule has 3 heteroatoms. The summed E-state index contributed by atoms with van der Waals surface area (Å²) in [6, 6.07) is 84.1. The zero-order chi connectivity index (χ0) is 40.3. The first kappa shape index (κ1) is 35.2. The second kappa shape index (κ2) is 14.5. The summed E-state index contributed by atoms with van der Waals surface area (Å²) in [6.45, 7) is 0. The molecule has 0 N–H and O–H groups in total. The van der Waals surface area contributed by atoms with Crippen LogP contribution < -0.4 is 4.90 Å². The molecule has 0 aliphatic heterocycles. The van der Waals surface area contributed by atoms with Gasteiger partial charge in [-0.3, -0.25) is 0 Å². The van der Waals surface area contributed by atoms with Crippen LogP contribution >= 0.6 is 11.3 Å². The first-order chi connectivity index (χ1) is 30.2. The number of thiophene rings is 1. The SMILES string of the molecule is c1ccc(-c2ccc(N(c3cccc(-c4cccc(-c5ccc6c(c5)c5ccccc5n6-c5ccccc5)c4)c3)c3cc4ccccc4c4sc5ccccc5c34)cc2)cc1. The molecule has 0 aliphatic carbocycles. The summed E-state index contributed by atoms with van der Waals surface area (Å²) in [5.74, 6) is 0. The molecule has 2 heterocycles. The molecule has 0 saturated carbocycles. The van der Waals surface area contributed by atoms with E-state index >= 15 is 0 Å². The monoisotopic (exact) mass is 794 g/mol. The Bertz CT molecular complexity index is 3580. The molecule has 0 aliphatic rings. The van der Waals surface area contributed by atoms with E-state index in [9.17, 15) is 0 Å². The van der Waals surface area contributed by atoms with Crippen LogP contribution in [0.15, 0.2) is 231 Å². The van der Waals surface area contributed by atoms with E-state index < -0.39 is 0 Å². The Labute approximate surface area is 358 Å². The summed E-state index contributed by atoms with van der Waals surface area (Å²) >= 11 is 1.89. The van der Waals surface area contributed by atoms with Gasteiger partial charge in [-0.25, -0.2) is 0 Å². The van der Waals surface area contributed by atoms with Crippen LogP contribution in [0.25, 0.3) is 91.8 Å². The van der Waals surface area contributed by atoms with Gasteiger partial charge in [0, 0.05) is 48.0 Å². The first-order valence-corrected chi connectivity index (χ1v) is 21.6. The largest absolute Gasteiger partial charge is 0.310 e. The predicted molar refractivity (Wildman–Crippen MR) is 262 cm³/mol. The number of nitrogens with zero attached hydrogens (tertiary/aromatic N) is 2. The highest BCUT2D eigenvalue weighted by atomic mass is 32.1. The van der Waals surface area contributed by atoms with Crippen LogP contribution in [0, 0.1) is 0 Å². The normalized spacial score (nSPS) is 11.6. The number of anilines is 3. The summed E-state index contributed by atoms with van der Waals surface area (Å²) in [5, 5.41) is 7.58. The van der Waals surface area contributed by atoms with Gasteiger partial charge in [0.1, 0.15) is 0 Å². The second-order valence-electron chi connectivity index (χ2n) is 15.7. The van der Waals surface area contributed by atoms with E-state index in [0.29, 0.717) is 0 Å². The summed E-state index contributed by atoms with van der Waals surface area (Å²) in [4.78, 5) is 2.46. The highest BCUT2D eigenvalue weighted by Crippen LogP contribution is 2.48. The molecule has 12 rings (SSSR count). The van der Waals surface area contributed by atoms with Gasteiger partial charge in [-0.15, -0.1) is 11.3 Å². The van der Waals surface area contributed by atoms with E-state index in [1.165, 1.54) is 97.5 Å². The number of hydrogen-bond donors (Lipinski definition) is 0. The fraction of sp³-hybridized carbons (Fsp3) is 0. The lowest BCUT2D eigenvalue weighted by atomic mass is 9.97. The van der Waals surface area contributed by atoms with Crippen molar-refractivity contribution >= 4 is 81.1 Å². The molecule has 10 aromatic carbocycles. The molecular formula is C58H38N2S. The zero-order valence-electron chi connectivity index (χ0n) is 33.2. The fourth-order valence-corrected chi connectivity index (χ4v) is 10.5. The van der Waals surface area contributed by atoms with Gasteiger partial charge >= 0.3 is 0 Å². The van der Waals surface area contributed by atoms with Gasteiger partial charge in [0.2, 0.25) is 0 Å². The van der Waals surface area contributed by atoms with E-state index in [-0.39, 0.29) is 0 Å². The van der Waals surface area contributed by atoms with Crippen LogP contribution in [0.5, 0.6) is 0 Å². The lowest BCUT2D eigenvalue weighted by Crippen LogP contribution is -2.10. The number of hydrogen-bond acceptors (Lipinski definition) is 2. The maximum Gasteiger partial charge on any atom is 0.0561 e. The molecule has 0 radical (unpaired) electrons. The minimum Gasteiger partial charge on any atom is -0.310 e. The maximum atomic E-state index is 2.46. The van der Waals surface area contributed by atoms with Crippen molar-refractivity contribution in [1.29, 1.82) is 0 Å². The molecule has 2 aromatic heterocycles. The summed E-state index contributed by atoms with van der Waals surface area (Å²) in [5.41, 5.74) is 14.1. The third kappa shape index (κ3) is 6.01. The fourth-order valence-electron chi connectivity index (χ4n) is 9.29. The number of rotatable bonds is 7. The van der Waals surface area contributed by atoms with Gasteiger partial charge in [-0.05, 0) is 117 Å².